The van der Waals surface area contributed by atoms with Crippen LogP contribution >= 0.6 is 11.3 Å². The highest BCUT2D eigenvalue weighted by Gasteiger charge is 2.31. The number of halogens is 1. The highest BCUT2D eigenvalue weighted by atomic mass is 32.1. The van der Waals surface area contributed by atoms with Gasteiger partial charge in [0.05, 0.1) is 17.3 Å². The van der Waals surface area contributed by atoms with Gasteiger partial charge in [0.15, 0.2) is 0 Å². The van der Waals surface area contributed by atoms with E-state index in [0.717, 1.165) is 22.4 Å². The average molecular weight is 475 g/mol. The highest BCUT2D eigenvalue weighted by molar-refractivity contribution is 7.20. The zero-order valence-electron chi connectivity index (χ0n) is 18.5. The van der Waals surface area contributed by atoms with Crippen molar-refractivity contribution in [2.45, 2.75) is 32.7 Å². The molecule has 176 valence electrons. The smallest absolute Gasteiger partial charge is 0.264 e. The van der Waals surface area contributed by atoms with Crippen LogP contribution in [0.5, 0.6) is 0 Å². The minimum Gasteiger partial charge on any atom is -0.356 e. The second kappa shape index (κ2) is 10.6. The maximum absolute atomic E-state index is 14.0. The number of thiophene rings is 1. The number of nitrogens with zero attached hydrogens (tertiary/aromatic N) is 1. The normalized spacial score (nSPS) is 16.4. The minimum absolute atomic E-state index is 0.000360. The molecule has 1 aliphatic heterocycles. The molecule has 1 fully saturated rings. The molecule has 0 unspecified atom stereocenters. The van der Waals surface area contributed by atoms with Crippen molar-refractivity contribution < 1.29 is 23.6 Å². The Kier molecular flexibility index (Phi) is 7.80. The Morgan fingerprint density at radius 3 is 2.73 bits per heavy atom. The Labute approximate surface area is 195 Å². The van der Waals surface area contributed by atoms with Crippen molar-refractivity contribution in [3.05, 3.63) is 47.6 Å². The predicted octanol–water partition coefficient (Wildman–Crippen LogP) is 2.37. The van der Waals surface area contributed by atoms with Crippen molar-refractivity contribution in [2.75, 3.05) is 13.1 Å². The molecule has 1 aromatic carbocycles. The van der Waals surface area contributed by atoms with E-state index in [1.54, 1.807) is 12.1 Å². The summed E-state index contributed by atoms with van der Waals surface area (Å²) in [5.74, 6) is -2.64. The van der Waals surface area contributed by atoms with E-state index in [1.807, 2.05) is 13.8 Å². The first kappa shape index (κ1) is 24.4. The lowest BCUT2D eigenvalue weighted by Crippen LogP contribution is -2.55. The Hall–Kier alpha value is -3.27. The fourth-order valence-corrected chi connectivity index (χ4v) is 4.60. The summed E-state index contributed by atoms with van der Waals surface area (Å²) in [7, 11) is 0. The Morgan fingerprint density at radius 1 is 1.36 bits per heavy atom. The summed E-state index contributed by atoms with van der Waals surface area (Å²) in [5, 5.41) is 6.80. The number of fused-ring (bicyclic) bond motifs is 1. The van der Waals surface area contributed by atoms with E-state index in [1.165, 1.54) is 12.1 Å². The summed E-state index contributed by atoms with van der Waals surface area (Å²) in [6.45, 7) is 7.76. The number of amides is 4. The molecular formula is C23H27FN4O4S. The van der Waals surface area contributed by atoms with Crippen molar-refractivity contribution in [1.29, 1.82) is 0 Å². The topological polar surface area (TPSA) is 108 Å². The Bertz CT molecular complexity index is 1080. The summed E-state index contributed by atoms with van der Waals surface area (Å²) in [6, 6.07) is 5.13. The number of hydrogen-bond acceptors (Lipinski definition) is 5. The van der Waals surface area contributed by atoms with Crippen LogP contribution in [0.15, 0.2) is 36.9 Å². The molecule has 0 spiro atoms. The highest BCUT2D eigenvalue weighted by Crippen LogP contribution is 2.27. The molecule has 2 heterocycles. The molecule has 10 heteroatoms. The molecular weight excluding hydrogens is 447 g/mol. The number of benzene rings is 1. The monoisotopic (exact) mass is 474 g/mol. The molecule has 3 N–H and O–H groups in total. The number of carbonyl (C=O) groups is 4. The number of nitrogens with one attached hydrogen (secondary N) is 3. The molecule has 2 aromatic rings. The molecule has 8 nitrogen and oxygen atoms in total. The van der Waals surface area contributed by atoms with Gasteiger partial charge >= 0.3 is 0 Å². The molecule has 1 aromatic heterocycles. The first-order valence-electron chi connectivity index (χ1n) is 10.7. The van der Waals surface area contributed by atoms with Crippen molar-refractivity contribution in [3.63, 3.8) is 0 Å². The van der Waals surface area contributed by atoms with Crippen molar-refractivity contribution in [2.24, 2.45) is 11.8 Å². The van der Waals surface area contributed by atoms with Crippen LogP contribution < -0.4 is 16.1 Å². The predicted molar refractivity (Wildman–Crippen MR) is 124 cm³/mol. The van der Waals surface area contributed by atoms with E-state index in [2.05, 4.69) is 22.6 Å². The van der Waals surface area contributed by atoms with Gasteiger partial charge < -0.3 is 10.6 Å². The van der Waals surface area contributed by atoms with Crippen LogP contribution in [0.1, 0.15) is 36.4 Å². The molecule has 0 aliphatic carbocycles. The van der Waals surface area contributed by atoms with Crippen LogP contribution in [0.25, 0.3) is 10.1 Å². The largest absolute Gasteiger partial charge is 0.356 e. The zero-order chi connectivity index (χ0) is 24.1. The fourth-order valence-electron chi connectivity index (χ4n) is 3.62. The molecule has 1 saturated heterocycles. The molecule has 0 radical (unpaired) electrons. The SMILES string of the molecule is C=CC(=O)N(C[C@@H]1CCNC1=O)NC(=O)[C@H](CC(C)C)NC(=O)c1cc2c(F)cccc2s1. The van der Waals surface area contributed by atoms with Gasteiger partial charge in [-0.1, -0.05) is 26.5 Å². The molecule has 0 bridgehead atoms. The van der Waals surface area contributed by atoms with Crippen LogP contribution in [0.4, 0.5) is 4.39 Å². The lowest BCUT2D eigenvalue weighted by atomic mass is 10.0. The number of carbonyl (C=O) groups excluding carboxylic acids is 4. The second-order valence-electron chi connectivity index (χ2n) is 8.32. The van der Waals surface area contributed by atoms with Crippen LogP contribution in [0, 0.1) is 17.7 Å². The van der Waals surface area contributed by atoms with Crippen molar-refractivity contribution in [1.82, 2.24) is 21.1 Å². The van der Waals surface area contributed by atoms with Crippen LogP contribution in [0.2, 0.25) is 0 Å². The summed E-state index contributed by atoms with van der Waals surface area (Å²) < 4.78 is 14.6. The average Bonchev–Trinajstić information content (AvgIpc) is 3.39. The summed E-state index contributed by atoms with van der Waals surface area (Å²) >= 11 is 1.13. The van der Waals surface area contributed by atoms with Gasteiger partial charge in [0.25, 0.3) is 17.7 Å². The van der Waals surface area contributed by atoms with Crippen LogP contribution in [0.3, 0.4) is 0 Å². The number of hydrogen-bond donors (Lipinski definition) is 3. The summed E-state index contributed by atoms with van der Waals surface area (Å²) in [6.07, 6.45) is 1.91. The number of rotatable bonds is 8. The quantitative estimate of drug-likeness (QED) is 0.403. The molecule has 33 heavy (non-hydrogen) atoms. The van der Waals surface area contributed by atoms with E-state index >= 15 is 0 Å². The third-order valence-electron chi connectivity index (χ3n) is 5.31. The second-order valence-corrected chi connectivity index (χ2v) is 9.41. The Morgan fingerprint density at radius 2 is 2.12 bits per heavy atom. The third-order valence-corrected chi connectivity index (χ3v) is 6.41. The van der Waals surface area contributed by atoms with Gasteiger partial charge in [-0.05, 0) is 43.0 Å². The standard InChI is InChI=1S/C23H27FN4O4S/c1-4-20(29)28(12-14-8-9-25-21(14)30)27-22(31)17(10-13(2)3)26-23(32)19-11-15-16(24)6-5-7-18(15)33-19/h4-7,11,13-14,17H,1,8-10,12H2,2-3H3,(H,25,30)(H,26,32)(H,27,31)/t14-,17-/m0/s1. The maximum atomic E-state index is 14.0. The van der Waals surface area contributed by atoms with E-state index < -0.39 is 35.5 Å². The summed E-state index contributed by atoms with van der Waals surface area (Å²) in [4.78, 5) is 50.4. The van der Waals surface area contributed by atoms with Gasteiger partial charge in [0.1, 0.15) is 11.9 Å². The molecule has 1 aliphatic rings. The van der Waals surface area contributed by atoms with E-state index in [-0.39, 0.29) is 23.2 Å². The van der Waals surface area contributed by atoms with Gasteiger partial charge in [-0.2, -0.15) is 0 Å². The minimum atomic E-state index is -0.940. The zero-order valence-corrected chi connectivity index (χ0v) is 19.3. The lowest BCUT2D eigenvalue weighted by Gasteiger charge is -2.27. The molecule has 0 saturated carbocycles. The Balaban J connectivity index is 1.75. The van der Waals surface area contributed by atoms with Gasteiger partial charge in [0, 0.05) is 16.6 Å². The van der Waals surface area contributed by atoms with Gasteiger partial charge in [-0.15, -0.1) is 11.3 Å². The lowest BCUT2D eigenvalue weighted by molar-refractivity contribution is -0.140. The van der Waals surface area contributed by atoms with Crippen molar-refractivity contribution in [3.8, 4) is 0 Å². The van der Waals surface area contributed by atoms with Crippen LogP contribution in [-0.2, 0) is 14.4 Å². The fraction of sp³-hybridized carbons (Fsp3) is 0.391. The number of hydrazine groups is 1. The molecule has 3 rings (SSSR count). The molecule has 2 atom stereocenters. The van der Waals surface area contributed by atoms with Gasteiger partial charge in [0.2, 0.25) is 5.91 Å². The van der Waals surface area contributed by atoms with Crippen molar-refractivity contribution >= 4 is 45.1 Å². The van der Waals surface area contributed by atoms with Gasteiger partial charge in [-0.3, -0.25) is 24.6 Å². The third kappa shape index (κ3) is 5.95. The van der Waals surface area contributed by atoms with E-state index in [4.69, 9.17) is 0 Å². The van der Waals surface area contributed by atoms with E-state index in [9.17, 15) is 23.6 Å². The van der Waals surface area contributed by atoms with Gasteiger partial charge in [-0.25, -0.2) is 9.40 Å². The van der Waals surface area contributed by atoms with E-state index in [0.29, 0.717) is 29.5 Å². The first-order valence-corrected chi connectivity index (χ1v) is 11.5. The maximum Gasteiger partial charge on any atom is 0.264 e. The first-order chi connectivity index (χ1) is 15.7. The van der Waals surface area contributed by atoms with Crippen LogP contribution in [-0.4, -0.2) is 47.8 Å². The molecule has 4 amide bonds. The summed E-state index contributed by atoms with van der Waals surface area (Å²) in [5.41, 5.74) is 2.54.